The van der Waals surface area contributed by atoms with Crippen LogP contribution in [0.3, 0.4) is 0 Å². The van der Waals surface area contributed by atoms with Crippen LogP contribution in [0.2, 0.25) is 0 Å². The monoisotopic (exact) mass is 535 g/mol. The Morgan fingerprint density at radius 2 is 1.78 bits per heavy atom. The van der Waals surface area contributed by atoms with Crippen molar-refractivity contribution in [3.8, 4) is 5.88 Å². The van der Waals surface area contributed by atoms with Crippen LogP contribution in [-0.4, -0.2) is 53.3 Å². The number of nitrogens with two attached hydrogens (primary N) is 2. The zero-order chi connectivity index (χ0) is 27.8. The minimum absolute atomic E-state index is 0.140. The summed E-state index contributed by atoms with van der Waals surface area (Å²) in [6.45, 7) is -1.26. The minimum Gasteiger partial charge on any atom is -0.399 e. The molecule has 1 aromatic carbocycles. The molecule has 1 aromatic heterocycles. The Kier molecular flexibility index (Phi) is 9.34. The Balaban J connectivity index is 2.31. The molecule has 0 spiro atoms. The van der Waals surface area contributed by atoms with Gasteiger partial charge in [-0.25, -0.2) is 4.79 Å². The molecular weight excluding hydrogens is 513 g/mol. The Morgan fingerprint density at radius 1 is 1.14 bits per heavy atom. The van der Waals surface area contributed by atoms with E-state index in [4.69, 9.17) is 11.5 Å². The van der Waals surface area contributed by atoms with E-state index < -0.39 is 65.6 Å². The summed E-state index contributed by atoms with van der Waals surface area (Å²) in [5.74, 6) is -9.30. The average molecular weight is 535 g/mol. The number of alkyl halides is 5. The maximum Gasteiger partial charge on any atom is 0.491 e. The SMILES string of the molecule is Cc1c(OC(=O)C(F)(F)F)nc(NCC(F)(F)c2ccccc2)c(=O)n1CC(=O)NCCON=C(N)N. The summed E-state index contributed by atoms with van der Waals surface area (Å²) in [5, 5.41) is 7.59. The van der Waals surface area contributed by atoms with Gasteiger partial charge in [0.25, 0.3) is 11.5 Å². The molecule has 202 valence electrons. The number of nitrogens with zero attached hydrogens (tertiary/aromatic N) is 3. The van der Waals surface area contributed by atoms with E-state index in [1.807, 2.05) is 0 Å². The Hall–Kier alpha value is -4.44. The number of hydrogen-bond donors (Lipinski definition) is 4. The van der Waals surface area contributed by atoms with Gasteiger partial charge in [0.1, 0.15) is 13.2 Å². The molecule has 12 nitrogen and oxygen atoms in total. The van der Waals surface area contributed by atoms with Gasteiger partial charge in [-0.05, 0) is 12.1 Å². The molecule has 0 saturated heterocycles. The topological polar surface area (TPSA) is 176 Å². The fourth-order valence-corrected chi connectivity index (χ4v) is 2.71. The van der Waals surface area contributed by atoms with Crippen LogP contribution < -0.4 is 32.4 Å². The smallest absolute Gasteiger partial charge is 0.399 e. The molecule has 1 heterocycles. The number of esters is 1. The minimum atomic E-state index is -5.42. The van der Waals surface area contributed by atoms with Gasteiger partial charge in [0.15, 0.2) is 5.82 Å². The van der Waals surface area contributed by atoms with Crippen LogP contribution in [-0.2, 0) is 26.9 Å². The van der Waals surface area contributed by atoms with Crippen LogP contribution in [0, 0.1) is 6.92 Å². The standard InChI is InChI=1S/C20H22F5N7O5/c1-11-15(37-17(35)20(23,24)25)30-14(29-10-19(21,22)12-5-3-2-4-6-12)16(34)32(11)9-13(33)28-7-8-36-31-18(26)27/h2-6H,7-10H2,1H3,(H,28,33)(H,29,30)(H4,26,27,31). The lowest BCUT2D eigenvalue weighted by atomic mass is 10.1. The second-order valence-electron chi connectivity index (χ2n) is 7.25. The highest BCUT2D eigenvalue weighted by Crippen LogP contribution is 2.28. The quantitative estimate of drug-likeness (QED) is 0.0799. The van der Waals surface area contributed by atoms with E-state index in [0.717, 1.165) is 19.1 Å². The van der Waals surface area contributed by atoms with E-state index in [-0.39, 0.29) is 19.1 Å². The molecule has 0 atom stereocenters. The van der Waals surface area contributed by atoms with E-state index in [1.165, 1.54) is 18.2 Å². The summed E-state index contributed by atoms with van der Waals surface area (Å²) in [7, 11) is 0. The van der Waals surface area contributed by atoms with Gasteiger partial charge in [0, 0.05) is 5.56 Å². The lowest BCUT2D eigenvalue weighted by molar-refractivity contribution is -0.190. The number of amides is 1. The van der Waals surface area contributed by atoms with Crippen LogP contribution in [0.25, 0.3) is 0 Å². The van der Waals surface area contributed by atoms with Crippen LogP contribution >= 0.6 is 0 Å². The fraction of sp³-hybridized carbons (Fsp3) is 0.350. The van der Waals surface area contributed by atoms with Crippen molar-refractivity contribution in [2.45, 2.75) is 25.6 Å². The van der Waals surface area contributed by atoms with Gasteiger partial charge in [-0.1, -0.05) is 30.3 Å². The van der Waals surface area contributed by atoms with Crippen molar-refractivity contribution in [2.24, 2.45) is 16.6 Å². The average Bonchev–Trinajstić information content (AvgIpc) is 2.82. The summed E-state index contributed by atoms with van der Waals surface area (Å²) in [4.78, 5) is 44.6. The van der Waals surface area contributed by atoms with E-state index in [0.29, 0.717) is 4.57 Å². The highest BCUT2D eigenvalue weighted by Gasteiger charge is 2.42. The number of anilines is 1. The van der Waals surface area contributed by atoms with E-state index in [9.17, 15) is 36.3 Å². The number of aromatic nitrogens is 2. The van der Waals surface area contributed by atoms with Crippen molar-refractivity contribution in [1.82, 2.24) is 14.9 Å². The lowest BCUT2D eigenvalue weighted by Crippen LogP contribution is -2.38. The Labute approximate surface area is 205 Å². The first kappa shape index (κ1) is 28.8. The summed E-state index contributed by atoms with van der Waals surface area (Å²) >= 11 is 0. The number of oxime groups is 1. The van der Waals surface area contributed by atoms with Crippen LogP contribution in [0.4, 0.5) is 27.8 Å². The third-order valence-corrected chi connectivity index (χ3v) is 4.46. The van der Waals surface area contributed by atoms with Gasteiger partial charge in [0.05, 0.1) is 18.8 Å². The number of halogens is 5. The number of ether oxygens (including phenoxy) is 1. The van der Waals surface area contributed by atoms with Crippen molar-refractivity contribution in [2.75, 3.05) is 25.0 Å². The number of carbonyl (C=O) groups is 2. The molecule has 0 aliphatic heterocycles. The molecule has 0 aliphatic carbocycles. The van der Waals surface area contributed by atoms with Crippen molar-refractivity contribution in [3.63, 3.8) is 0 Å². The summed E-state index contributed by atoms with van der Waals surface area (Å²) in [5.41, 5.74) is 8.11. The Morgan fingerprint density at radius 3 is 2.38 bits per heavy atom. The molecule has 1 amide bonds. The van der Waals surface area contributed by atoms with Crippen molar-refractivity contribution < 1.29 is 41.1 Å². The molecule has 6 N–H and O–H groups in total. The lowest BCUT2D eigenvalue weighted by Gasteiger charge is -2.19. The number of guanidine groups is 1. The molecule has 0 fully saturated rings. The highest BCUT2D eigenvalue weighted by molar-refractivity contribution is 5.78. The normalized spacial score (nSPS) is 11.4. The van der Waals surface area contributed by atoms with Gasteiger partial charge in [0.2, 0.25) is 17.7 Å². The van der Waals surface area contributed by atoms with Crippen molar-refractivity contribution in [3.05, 3.63) is 51.9 Å². The fourth-order valence-electron chi connectivity index (χ4n) is 2.71. The molecule has 2 rings (SSSR count). The van der Waals surface area contributed by atoms with Gasteiger partial charge >= 0.3 is 12.1 Å². The zero-order valence-electron chi connectivity index (χ0n) is 19.1. The Bertz CT molecular complexity index is 1200. The molecular formula is C20H22F5N7O5. The zero-order valence-corrected chi connectivity index (χ0v) is 19.1. The van der Waals surface area contributed by atoms with Crippen molar-refractivity contribution in [1.29, 1.82) is 0 Å². The third-order valence-electron chi connectivity index (χ3n) is 4.46. The molecule has 0 aliphatic rings. The first-order chi connectivity index (χ1) is 17.2. The van der Waals surface area contributed by atoms with Gasteiger partial charge in [-0.2, -0.15) is 26.9 Å². The summed E-state index contributed by atoms with van der Waals surface area (Å²) in [6.07, 6.45) is -5.42. The van der Waals surface area contributed by atoms with E-state index in [1.54, 1.807) is 0 Å². The van der Waals surface area contributed by atoms with E-state index >= 15 is 0 Å². The summed E-state index contributed by atoms with van der Waals surface area (Å²) in [6, 6.07) is 6.47. The molecule has 0 unspecified atom stereocenters. The van der Waals surface area contributed by atoms with E-state index in [2.05, 4.69) is 30.3 Å². The second kappa shape index (κ2) is 12.0. The predicted molar refractivity (Wildman–Crippen MR) is 119 cm³/mol. The number of rotatable bonds is 11. The van der Waals surface area contributed by atoms with Crippen molar-refractivity contribution >= 4 is 23.7 Å². The molecule has 17 heteroatoms. The molecule has 37 heavy (non-hydrogen) atoms. The molecule has 0 bridgehead atoms. The maximum absolute atomic E-state index is 14.5. The van der Waals surface area contributed by atoms with Crippen LogP contribution in [0.1, 0.15) is 11.3 Å². The number of benzene rings is 1. The predicted octanol–water partition coefficient (Wildman–Crippen LogP) is 0.545. The second-order valence-corrected chi connectivity index (χ2v) is 7.25. The molecule has 2 aromatic rings. The number of carbonyl (C=O) groups excluding carboxylic acids is 2. The van der Waals surface area contributed by atoms with Gasteiger partial charge < -0.3 is 31.7 Å². The number of hydrogen-bond acceptors (Lipinski definition) is 8. The largest absolute Gasteiger partial charge is 0.491 e. The summed E-state index contributed by atoms with van der Waals surface area (Å²) < 4.78 is 72.1. The maximum atomic E-state index is 14.5. The van der Waals surface area contributed by atoms with Gasteiger partial charge in [-0.15, -0.1) is 0 Å². The highest BCUT2D eigenvalue weighted by atomic mass is 19.4. The first-order valence-electron chi connectivity index (χ1n) is 10.3. The first-order valence-corrected chi connectivity index (χ1v) is 10.3. The number of nitrogens with one attached hydrogen (secondary N) is 2. The third kappa shape index (κ3) is 8.32. The van der Waals surface area contributed by atoms with Crippen LogP contribution in [0.15, 0.2) is 40.3 Å². The molecule has 0 radical (unpaired) electrons. The van der Waals surface area contributed by atoms with Gasteiger partial charge in [-0.3, -0.25) is 14.2 Å². The van der Waals surface area contributed by atoms with Crippen LogP contribution in [0.5, 0.6) is 5.88 Å². The molecule has 0 saturated carbocycles.